The topological polar surface area (TPSA) is 145 Å². The van der Waals surface area contributed by atoms with Gasteiger partial charge >= 0.3 is 11.9 Å². The Bertz CT molecular complexity index is 2230. The van der Waals surface area contributed by atoms with Crippen LogP contribution in [-0.2, 0) is 35.9 Å². The third-order valence-corrected chi connectivity index (χ3v) is 12.9. The molecule has 280 valence electrons. The summed E-state index contributed by atoms with van der Waals surface area (Å²) in [4.78, 5) is 58.0. The number of β-lactam (4-membered cyclic amide) rings is 1. The number of aromatic nitrogens is 1. The van der Waals surface area contributed by atoms with Crippen molar-refractivity contribution in [3.8, 4) is 5.75 Å². The highest BCUT2D eigenvalue weighted by Crippen LogP contribution is 2.48. The molecule has 4 aromatic carbocycles. The van der Waals surface area contributed by atoms with Gasteiger partial charge in [-0.2, -0.15) is 5.48 Å². The number of oxime groups is 1. The second kappa shape index (κ2) is 16.7. The Morgan fingerprint density at radius 1 is 0.964 bits per heavy atom. The van der Waals surface area contributed by atoms with Crippen LogP contribution in [0.5, 0.6) is 5.75 Å². The number of amides is 2. The van der Waals surface area contributed by atoms with E-state index in [-0.39, 0.29) is 34.3 Å². The number of hydrogen-bond acceptors (Lipinski definition) is 11. The smallest absolute Gasteiger partial charge is 0.379 e. The van der Waals surface area contributed by atoms with Crippen molar-refractivity contribution in [2.24, 2.45) is 11.1 Å². The van der Waals surface area contributed by atoms with Gasteiger partial charge in [0, 0.05) is 21.2 Å². The molecule has 2 atom stereocenters. The highest BCUT2D eigenvalue weighted by Gasteiger charge is 2.53. The number of halogens is 1. The van der Waals surface area contributed by atoms with Crippen molar-refractivity contribution in [2.75, 3.05) is 30.1 Å². The Morgan fingerprint density at radius 3 is 2.24 bits per heavy atom. The average molecular weight is 886 g/mol. The molecule has 0 bridgehead atoms. The molecule has 5 aromatic rings. The molecule has 0 spiro atoms. The number of carbonyl (C=O) groups is 3. The van der Waals surface area contributed by atoms with Crippen LogP contribution in [0.25, 0.3) is 0 Å². The Balaban J connectivity index is 1.15. The third kappa shape index (κ3) is 7.21. The second-order valence-electron chi connectivity index (χ2n) is 12.7. The van der Waals surface area contributed by atoms with E-state index in [0.29, 0.717) is 27.3 Å². The van der Waals surface area contributed by atoms with E-state index in [2.05, 4.69) is 33.2 Å². The van der Waals surface area contributed by atoms with Gasteiger partial charge in [-0.3, -0.25) is 14.5 Å². The summed E-state index contributed by atoms with van der Waals surface area (Å²) < 4.78 is 5.76. The molecule has 1 aromatic heterocycles. The predicted molar refractivity (Wildman–Crippen MR) is 222 cm³/mol. The number of nitrogens with zero attached hydrogens (tertiary/aromatic N) is 3. The fourth-order valence-electron chi connectivity index (χ4n) is 7.02. The van der Waals surface area contributed by atoms with E-state index < -0.39 is 17.3 Å². The summed E-state index contributed by atoms with van der Waals surface area (Å²) in [5.74, 6) is -0.909. The zero-order valence-electron chi connectivity index (χ0n) is 29.8. The molecule has 55 heavy (non-hydrogen) atoms. The number of benzene rings is 4. The molecule has 0 unspecified atom stereocenters. The average Bonchev–Trinajstić information content (AvgIpc) is 3.72. The highest BCUT2D eigenvalue weighted by atomic mass is 127. The first-order valence-corrected chi connectivity index (χ1v) is 20.7. The first-order valence-electron chi connectivity index (χ1n) is 17.2. The monoisotopic (exact) mass is 885 g/mol. The maximum Gasteiger partial charge on any atom is 0.379 e. The van der Waals surface area contributed by atoms with Crippen molar-refractivity contribution in [1.29, 1.82) is 0 Å². The van der Waals surface area contributed by atoms with Crippen molar-refractivity contribution in [3.63, 3.8) is 0 Å². The third-order valence-electron chi connectivity index (χ3n) is 9.61. The number of thioether (sulfide) groups is 1. The number of nitrogens with two attached hydrogens (primary N) is 1. The Kier molecular flexibility index (Phi) is 11.5. The maximum atomic E-state index is 13.8. The van der Waals surface area contributed by atoms with Crippen LogP contribution in [0.1, 0.15) is 33.0 Å². The van der Waals surface area contributed by atoms with E-state index >= 15 is 0 Å². The predicted octanol–water partition coefficient (Wildman–Crippen LogP) is 6.50. The van der Waals surface area contributed by atoms with Crippen molar-refractivity contribution < 1.29 is 28.8 Å². The standard InChI is InChI=1S/C41H36IN5O6S2/c1-51-29-19-17-25(18-20-29)21-30-37(49)47-35(26(22-42)23-54-38(30)47)39(50)53-46-36(48)34(45-52-2)33-24-55-40(44-33)41(27-11-5-3-6-12-27,28-13-7-4-8-14-28)31-15-9-10-16-32(31)43/h3-20,24,30,38H,21-23,43H2,1-2H3,(H,46,48)/t30-,38-/m1/s1. The van der Waals surface area contributed by atoms with E-state index in [4.69, 9.17) is 25.1 Å². The van der Waals surface area contributed by atoms with Crippen LogP contribution in [0.3, 0.4) is 0 Å². The zero-order valence-corrected chi connectivity index (χ0v) is 33.6. The number of thiazole rings is 1. The van der Waals surface area contributed by atoms with Crippen molar-refractivity contribution in [2.45, 2.75) is 17.2 Å². The Hall–Kier alpha value is -5.19. The number of rotatable bonds is 12. The lowest BCUT2D eigenvalue weighted by atomic mass is 9.69. The minimum Gasteiger partial charge on any atom is -0.497 e. The normalized spacial score (nSPS) is 16.9. The molecule has 1 fully saturated rings. The number of fused-ring (bicyclic) bond motifs is 1. The molecule has 1 saturated heterocycles. The van der Waals surface area contributed by atoms with Gasteiger partial charge in [0.1, 0.15) is 29.3 Å². The summed E-state index contributed by atoms with van der Waals surface area (Å²) in [6.07, 6.45) is 0.523. The summed E-state index contributed by atoms with van der Waals surface area (Å²) in [6, 6.07) is 35.0. The summed E-state index contributed by atoms with van der Waals surface area (Å²) >= 11 is 5.10. The summed E-state index contributed by atoms with van der Waals surface area (Å²) in [6.45, 7) is 0. The van der Waals surface area contributed by atoms with Crippen LogP contribution < -0.4 is 16.0 Å². The van der Waals surface area contributed by atoms with Crippen molar-refractivity contribution >= 4 is 74.9 Å². The first kappa shape index (κ1) is 38.1. The zero-order chi connectivity index (χ0) is 38.5. The van der Waals surface area contributed by atoms with Crippen LogP contribution in [0.2, 0.25) is 0 Å². The first-order chi connectivity index (χ1) is 26.8. The van der Waals surface area contributed by atoms with E-state index in [1.807, 2.05) is 109 Å². The molecule has 11 nitrogen and oxygen atoms in total. The molecule has 0 aliphatic carbocycles. The highest BCUT2D eigenvalue weighted by molar-refractivity contribution is 14.1. The largest absolute Gasteiger partial charge is 0.497 e. The number of carbonyl (C=O) groups excluding carboxylic acids is 3. The van der Waals surface area contributed by atoms with Gasteiger partial charge in [0.15, 0.2) is 5.71 Å². The van der Waals surface area contributed by atoms with Crippen LogP contribution in [0.15, 0.2) is 131 Å². The summed E-state index contributed by atoms with van der Waals surface area (Å²) in [7, 11) is 2.91. The van der Waals surface area contributed by atoms with Crippen LogP contribution in [0.4, 0.5) is 5.69 Å². The summed E-state index contributed by atoms with van der Waals surface area (Å²) in [5, 5.41) is 6.08. The van der Waals surface area contributed by atoms with Gasteiger partial charge < -0.3 is 20.1 Å². The molecule has 2 amide bonds. The molecule has 14 heteroatoms. The molecular formula is C41H36IN5O6S2. The van der Waals surface area contributed by atoms with Gasteiger partial charge in [-0.25, -0.2) is 9.78 Å². The van der Waals surface area contributed by atoms with Gasteiger partial charge in [0.2, 0.25) is 5.91 Å². The molecule has 3 heterocycles. The Labute approximate surface area is 340 Å². The van der Waals surface area contributed by atoms with Crippen molar-refractivity contribution in [1.82, 2.24) is 15.4 Å². The lowest BCUT2D eigenvalue weighted by Crippen LogP contribution is -2.62. The van der Waals surface area contributed by atoms with E-state index in [9.17, 15) is 14.4 Å². The lowest BCUT2D eigenvalue weighted by Gasteiger charge is -2.49. The van der Waals surface area contributed by atoms with Gasteiger partial charge in [-0.15, -0.1) is 23.1 Å². The molecule has 7 rings (SSSR count). The van der Waals surface area contributed by atoms with Crippen molar-refractivity contribution in [3.05, 3.63) is 159 Å². The number of alkyl halides is 1. The minimum atomic E-state index is -0.968. The molecule has 2 aliphatic heterocycles. The fraction of sp³-hybridized carbons (Fsp3) is 0.195. The fourth-order valence-corrected chi connectivity index (χ4v) is 10.5. The maximum absolute atomic E-state index is 13.8. The van der Waals surface area contributed by atoms with Crippen LogP contribution in [-0.4, -0.2) is 63.2 Å². The van der Waals surface area contributed by atoms with Gasteiger partial charge in [0.05, 0.1) is 23.8 Å². The number of hydrogen-bond donors (Lipinski definition) is 2. The SMILES string of the molecule is CON=C(C(=O)NOC(=O)C1=C(CI)CS[C@@H]2[C@H](Cc3ccc(OC)cc3)C(=O)N12)c1csc(C(c2ccccc2)(c2ccccc2)c2ccccc2N)n1. The number of methoxy groups -OCH3 is 1. The number of anilines is 1. The molecule has 0 radical (unpaired) electrons. The van der Waals surface area contributed by atoms with Gasteiger partial charge in [0.25, 0.3) is 0 Å². The Morgan fingerprint density at radius 2 is 1.62 bits per heavy atom. The van der Waals surface area contributed by atoms with Crippen LogP contribution >= 0.6 is 45.7 Å². The van der Waals surface area contributed by atoms with Gasteiger partial charge in [-0.1, -0.05) is 119 Å². The lowest BCUT2D eigenvalue weighted by molar-refractivity contribution is -0.160. The number of ether oxygens (including phenoxy) is 1. The molecular weight excluding hydrogens is 850 g/mol. The number of hydroxylamine groups is 1. The number of nitrogens with one attached hydrogen (secondary N) is 1. The molecule has 3 N–H and O–H groups in total. The van der Waals surface area contributed by atoms with E-state index in [1.54, 1.807) is 24.3 Å². The number of nitrogen functional groups attached to an aromatic ring is 1. The minimum absolute atomic E-state index is 0.145. The summed E-state index contributed by atoms with van der Waals surface area (Å²) in [5.41, 5.74) is 13.1. The van der Waals surface area contributed by atoms with Crippen LogP contribution in [0, 0.1) is 5.92 Å². The quantitative estimate of drug-likeness (QED) is 0.0273. The number of para-hydroxylation sites is 1. The molecule has 2 aliphatic rings. The van der Waals surface area contributed by atoms with E-state index in [0.717, 1.165) is 33.6 Å². The molecule has 0 saturated carbocycles. The van der Waals surface area contributed by atoms with Gasteiger partial charge in [-0.05, 0) is 52.4 Å². The van der Waals surface area contributed by atoms with E-state index in [1.165, 1.54) is 23.3 Å². The second-order valence-corrected chi connectivity index (χ2v) is 15.4.